The molecule has 0 bridgehead atoms. The largest absolute Gasteiger partial charge is 0.466 e. The van der Waals surface area contributed by atoms with Gasteiger partial charge in [0.15, 0.2) is 0 Å². The maximum absolute atomic E-state index is 12.3. The lowest BCUT2D eigenvalue weighted by Crippen LogP contribution is -2.42. The van der Waals surface area contributed by atoms with Crippen molar-refractivity contribution >= 4 is 17.6 Å². The van der Waals surface area contributed by atoms with Crippen molar-refractivity contribution in [3.05, 3.63) is 29.8 Å². The first kappa shape index (κ1) is 15.5. The molecule has 1 aromatic rings. The monoisotopic (exact) mass is 290 g/mol. The molecule has 0 saturated carbocycles. The van der Waals surface area contributed by atoms with Crippen LogP contribution < -0.4 is 5.32 Å². The quantitative estimate of drug-likeness (QED) is 0.841. The third-order valence-corrected chi connectivity index (χ3v) is 3.77. The van der Waals surface area contributed by atoms with Crippen LogP contribution in [0.3, 0.4) is 0 Å². The van der Waals surface area contributed by atoms with Crippen molar-refractivity contribution in [2.24, 2.45) is 0 Å². The Labute approximate surface area is 125 Å². The molecule has 0 aliphatic carbocycles. The Morgan fingerprint density at radius 2 is 2.19 bits per heavy atom. The molecule has 0 fully saturated rings. The van der Waals surface area contributed by atoms with Crippen LogP contribution in [-0.2, 0) is 20.7 Å². The lowest BCUT2D eigenvalue weighted by atomic mass is 10.1. The summed E-state index contributed by atoms with van der Waals surface area (Å²) in [6.45, 7) is 2.70. The van der Waals surface area contributed by atoms with E-state index in [0.29, 0.717) is 19.6 Å². The first-order chi connectivity index (χ1) is 10.1. The van der Waals surface area contributed by atoms with Crippen LogP contribution in [0.1, 0.15) is 25.3 Å². The Bertz CT molecular complexity index is 516. The number of rotatable bonds is 5. The molecule has 5 nitrogen and oxygen atoms in total. The van der Waals surface area contributed by atoms with E-state index in [4.69, 9.17) is 4.74 Å². The number of ether oxygens (including phenoxy) is 1. The normalized spacial score (nSPS) is 17.9. The number of amides is 1. The summed E-state index contributed by atoms with van der Waals surface area (Å²) < 4.78 is 4.92. The number of fused-ring (bicyclic) bond motifs is 1. The Hall–Kier alpha value is -1.88. The van der Waals surface area contributed by atoms with Gasteiger partial charge in [-0.2, -0.15) is 0 Å². The SMILES string of the molecule is CCOC(=O)CCN(C)C1CCc2ccccc2NC1=O. The molecular weight excluding hydrogens is 268 g/mol. The number of esters is 1. The molecule has 1 atom stereocenters. The number of nitrogens with zero attached hydrogens (tertiary/aromatic N) is 1. The fourth-order valence-electron chi connectivity index (χ4n) is 2.58. The van der Waals surface area contributed by atoms with Gasteiger partial charge in [0.25, 0.3) is 0 Å². The van der Waals surface area contributed by atoms with E-state index in [9.17, 15) is 9.59 Å². The van der Waals surface area contributed by atoms with Gasteiger partial charge in [0.1, 0.15) is 0 Å². The Morgan fingerprint density at radius 1 is 1.43 bits per heavy atom. The van der Waals surface area contributed by atoms with Crippen molar-refractivity contribution in [2.75, 3.05) is 25.5 Å². The smallest absolute Gasteiger partial charge is 0.307 e. The molecular formula is C16H22N2O3. The second kappa shape index (κ2) is 7.22. The van der Waals surface area contributed by atoms with E-state index in [2.05, 4.69) is 5.32 Å². The lowest BCUT2D eigenvalue weighted by Gasteiger charge is -2.25. The van der Waals surface area contributed by atoms with E-state index in [1.165, 1.54) is 0 Å². The summed E-state index contributed by atoms with van der Waals surface area (Å²) in [6.07, 6.45) is 1.91. The number of benzene rings is 1. The maximum atomic E-state index is 12.3. The zero-order chi connectivity index (χ0) is 15.2. The van der Waals surface area contributed by atoms with Gasteiger partial charge in [-0.3, -0.25) is 14.5 Å². The minimum Gasteiger partial charge on any atom is -0.466 e. The minimum atomic E-state index is -0.221. The average molecular weight is 290 g/mol. The Morgan fingerprint density at radius 3 is 2.95 bits per heavy atom. The Balaban J connectivity index is 1.95. The Kier molecular flexibility index (Phi) is 5.33. The molecule has 0 saturated heterocycles. The summed E-state index contributed by atoms with van der Waals surface area (Å²) in [4.78, 5) is 25.7. The highest BCUT2D eigenvalue weighted by Gasteiger charge is 2.27. The molecule has 21 heavy (non-hydrogen) atoms. The lowest BCUT2D eigenvalue weighted by molar-refractivity contribution is -0.143. The van der Waals surface area contributed by atoms with Gasteiger partial charge < -0.3 is 10.1 Å². The molecule has 1 aromatic carbocycles. The van der Waals surface area contributed by atoms with Crippen molar-refractivity contribution in [1.82, 2.24) is 4.90 Å². The van der Waals surface area contributed by atoms with Crippen LogP contribution in [0.25, 0.3) is 0 Å². The molecule has 1 aliphatic rings. The van der Waals surface area contributed by atoms with Gasteiger partial charge in [0, 0.05) is 12.2 Å². The van der Waals surface area contributed by atoms with Gasteiger partial charge >= 0.3 is 5.97 Å². The van der Waals surface area contributed by atoms with Crippen molar-refractivity contribution in [1.29, 1.82) is 0 Å². The summed E-state index contributed by atoms with van der Waals surface area (Å²) in [7, 11) is 1.87. The number of carbonyl (C=O) groups is 2. The van der Waals surface area contributed by atoms with E-state index in [-0.39, 0.29) is 17.9 Å². The van der Waals surface area contributed by atoms with Crippen molar-refractivity contribution < 1.29 is 14.3 Å². The second-order valence-corrected chi connectivity index (χ2v) is 5.24. The molecule has 1 heterocycles. The summed E-state index contributed by atoms with van der Waals surface area (Å²) in [5.41, 5.74) is 2.05. The number of nitrogens with one attached hydrogen (secondary N) is 1. The average Bonchev–Trinajstić information content (AvgIpc) is 2.63. The van der Waals surface area contributed by atoms with Gasteiger partial charge in [-0.15, -0.1) is 0 Å². The summed E-state index contributed by atoms with van der Waals surface area (Å²) in [5, 5.41) is 2.97. The summed E-state index contributed by atoms with van der Waals surface area (Å²) in [6, 6.07) is 7.65. The van der Waals surface area contributed by atoms with Crippen LogP contribution in [-0.4, -0.2) is 43.0 Å². The van der Waals surface area contributed by atoms with Gasteiger partial charge in [-0.25, -0.2) is 0 Å². The van der Waals surface area contributed by atoms with Gasteiger partial charge in [0.05, 0.1) is 19.1 Å². The van der Waals surface area contributed by atoms with Crippen molar-refractivity contribution in [3.63, 3.8) is 0 Å². The molecule has 1 N–H and O–H groups in total. The van der Waals surface area contributed by atoms with Gasteiger partial charge in [-0.1, -0.05) is 18.2 Å². The first-order valence-corrected chi connectivity index (χ1v) is 7.36. The van der Waals surface area contributed by atoms with Crippen LogP contribution >= 0.6 is 0 Å². The molecule has 0 aromatic heterocycles. The fourth-order valence-corrected chi connectivity index (χ4v) is 2.58. The minimum absolute atomic E-state index is 0.00805. The van der Waals surface area contributed by atoms with Crippen LogP contribution in [0.2, 0.25) is 0 Å². The summed E-state index contributed by atoms with van der Waals surface area (Å²) in [5.74, 6) is -0.229. The molecule has 1 unspecified atom stereocenters. The predicted molar refractivity (Wildman–Crippen MR) is 81.1 cm³/mol. The predicted octanol–water partition coefficient (Wildman–Crippen LogP) is 1.82. The van der Waals surface area contributed by atoms with E-state index in [1.807, 2.05) is 36.2 Å². The number of para-hydroxylation sites is 1. The van der Waals surface area contributed by atoms with Crippen LogP contribution in [0.4, 0.5) is 5.69 Å². The number of hydrogen-bond acceptors (Lipinski definition) is 4. The third-order valence-electron chi connectivity index (χ3n) is 3.77. The molecule has 114 valence electrons. The summed E-state index contributed by atoms with van der Waals surface area (Å²) >= 11 is 0. The fraction of sp³-hybridized carbons (Fsp3) is 0.500. The highest BCUT2D eigenvalue weighted by atomic mass is 16.5. The number of aryl methyl sites for hydroxylation is 1. The standard InChI is InChI=1S/C16H22N2O3/c1-3-21-15(19)10-11-18(2)14-9-8-12-6-4-5-7-13(12)17-16(14)20/h4-7,14H,3,8-11H2,1-2H3,(H,17,20). The number of carbonyl (C=O) groups excluding carboxylic acids is 2. The molecule has 1 aliphatic heterocycles. The molecule has 0 spiro atoms. The first-order valence-electron chi connectivity index (χ1n) is 7.36. The molecule has 2 rings (SSSR count). The topological polar surface area (TPSA) is 58.6 Å². The number of anilines is 1. The van der Waals surface area contributed by atoms with Crippen molar-refractivity contribution in [2.45, 2.75) is 32.2 Å². The van der Waals surface area contributed by atoms with E-state index >= 15 is 0 Å². The zero-order valence-electron chi connectivity index (χ0n) is 12.6. The van der Waals surface area contributed by atoms with Gasteiger partial charge in [0.2, 0.25) is 5.91 Å². The number of likely N-dealkylation sites (N-methyl/N-ethyl adjacent to an activating group) is 1. The van der Waals surface area contributed by atoms with Gasteiger partial charge in [-0.05, 0) is 38.4 Å². The number of hydrogen-bond donors (Lipinski definition) is 1. The van der Waals surface area contributed by atoms with Crippen LogP contribution in [0.15, 0.2) is 24.3 Å². The highest BCUT2D eigenvalue weighted by Crippen LogP contribution is 2.23. The second-order valence-electron chi connectivity index (χ2n) is 5.24. The third kappa shape index (κ3) is 4.04. The highest BCUT2D eigenvalue weighted by molar-refractivity contribution is 5.96. The van der Waals surface area contributed by atoms with E-state index < -0.39 is 0 Å². The maximum Gasteiger partial charge on any atom is 0.307 e. The van der Waals surface area contributed by atoms with Crippen LogP contribution in [0.5, 0.6) is 0 Å². The molecule has 0 radical (unpaired) electrons. The van der Waals surface area contributed by atoms with Crippen LogP contribution in [0, 0.1) is 0 Å². The molecule has 5 heteroatoms. The zero-order valence-corrected chi connectivity index (χ0v) is 12.6. The van der Waals surface area contributed by atoms with E-state index in [0.717, 1.165) is 24.1 Å². The molecule has 1 amide bonds. The van der Waals surface area contributed by atoms with Crippen molar-refractivity contribution in [3.8, 4) is 0 Å². The van der Waals surface area contributed by atoms with E-state index in [1.54, 1.807) is 6.92 Å².